The van der Waals surface area contributed by atoms with Gasteiger partial charge in [-0.2, -0.15) is 0 Å². The molecule has 2 rings (SSSR count). The van der Waals surface area contributed by atoms with E-state index in [2.05, 4.69) is 23.3 Å². The SMILES string of the molecule is CCCC(CCCl)CNc1nccc2c(OC)cccc12. The van der Waals surface area contributed by atoms with Crippen LogP contribution in [-0.2, 0) is 0 Å². The number of rotatable bonds is 8. The monoisotopic (exact) mass is 306 g/mol. The lowest BCUT2D eigenvalue weighted by molar-refractivity contribution is 0.420. The smallest absolute Gasteiger partial charge is 0.133 e. The summed E-state index contributed by atoms with van der Waals surface area (Å²) < 4.78 is 5.41. The molecule has 0 spiro atoms. The summed E-state index contributed by atoms with van der Waals surface area (Å²) in [6, 6.07) is 8.03. The number of halogens is 1. The Bertz CT molecular complexity index is 568. The molecule has 0 fully saturated rings. The number of benzene rings is 1. The van der Waals surface area contributed by atoms with E-state index in [9.17, 15) is 0 Å². The molecule has 114 valence electrons. The minimum atomic E-state index is 0.593. The number of alkyl halides is 1. The van der Waals surface area contributed by atoms with Gasteiger partial charge in [-0.05, 0) is 30.9 Å². The first kappa shape index (κ1) is 15.9. The number of anilines is 1. The van der Waals surface area contributed by atoms with Gasteiger partial charge in [0, 0.05) is 29.4 Å². The molecular weight excluding hydrogens is 284 g/mol. The highest BCUT2D eigenvalue weighted by atomic mass is 35.5. The molecule has 0 saturated carbocycles. The summed E-state index contributed by atoms with van der Waals surface area (Å²) in [4.78, 5) is 4.47. The van der Waals surface area contributed by atoms with Crippen LogP contribution in [0.15, 0.2) is 30.5 Å². The van der Waals surface area contributed by atoms with Crippen LogP contribution in [-0.4, -0.2) is 24.5 Å². The molecule has 1 aromatic carbocycles. The van der Waals surface area contributed by atoms with Gasteiger partial charge < -0.3 is 10.1 Å². The fourth-order valence-corrected chi connectivity index (χ4v) is 2.96. The van der Waals surface area contributed by atoms with Crippen LogP contribution >= 0.6 is 11.6 Å². The molecule has 0 bridgehead atoms. The molecular formula is C17H23ClN2O. The van der Waals surface area contributed by atoms with Crippen LogP contribution in [0.3, 0.4) is 0 Å². The molecule has 0 aliphatic heterocycles. The Morgan fingerprint density at radius 3 is 2.81 bits per heavy atom. The van der Waals surface area contributed by atoms with E-state index in [4.69, 9.17) is 16.3 Å². The number of methoxy groups -OCH3 is 1. The number of ether oxygens (including phenoxy) is 1. The van der Waals surface area contributed by atoms with E-state index in [1.807, 2.05) is 24.4 Å². The Kier molecular flexibility index (Phi) is 6.12. The number of nitrogens with zero attached hydrogens (tertiary/aromatic N) is 1. The van der Waals surface area contributed by atoms with Crippen molar-refractivity contribution in [3.05, 3.63) is 30.5 Å². The van der Waals surface area contributed by atoms with Gasteiger partial charge in [-0.1, -0.05) is 25.5 Å². The maximum Gasteiger partial charge on any atom is 0.133 e. The Morgan fingerprint density at radius 2 is 2.10 bits per heavy atom. The Balaban J connectivity index is 2.18. The van der Waals surface area contributed by atoms with Crippen molar-refractivity contribution in [3.8, 4) is 5.75 Å². The van der Waals surface area contributed by atoms with Crippen LogP contribution in [0.25, 0.3) is 10.8 Å². The summed E-state index contributed by atoms with van der Waals surface area (Å²) >= 11 is 5.89. The molecule has 1 aromatic heterocycles. The molecule has 0 radical (unpaired) electrons. The fraction of sp³-hybridized carbons (Fsp3) is 0.471. The number of pyridine rings is 1. The van der Waals surface area contributed by atoms with E-state index in [-0.39, 0.29) is 0 Å². The Hall–Kier alpha value is -1.48. The number of hydrogen-bond donors (Lipinski definition) is 1. The van der Waals surface area contributed by atoms with Gasteiger partial charge in [0.2, 0.25) is 0 Å². The molecule has 1 N–H and O–H groups in total. The van der Waals surface area contributed by atoms with Crippen molar-refractivity contribution >= 4 is 28.2 Å². The molecule has 0 amide bonds. The first-order chi connectivity index (χ1) is 10.3. The van der Waals surface area contributed by atoms with Gasteiger partial charge in [0.1, 0.15) is 11.6 Å². The predicted molar refractivity (Wildman–Crippen MR) is 90.5 cm³/mol. The molecule has 2 aromatic rings. The van der Waals surface area contributed by atoms with Gasteiger partial charge in [-0.25, -0.2) is 4.98 Å². The van der Waals surface area contributed by atoms with Gasteiger partial charge in [-0.15, -0.1) is 11.6 Å². The zero-order valence-electron chi connectivity index (χ0n) is 12.7. The van der Waals surface area contributed by atoms with Gasteiger partial charge in [-0.3, -0.25) is 0 Å². The summed E-state index contributed by atoms with van der Waals surface area (Å²) in [6.07, 6.45) is 5.23. The van der Waals surface area contributed by atoms with Gasteiger partial charge in [0.05, 0.1) is 7.11 Å². The van der Waals surface area contributed by atoms with Crippen LogP contribution < -0.4 is 10.1 Å². The highest BCUT2D eigenvalue weighted by Crippen LogP contribution is 2.29. The summed E-state index contributed by atoms with van der Waals surface area (Å²) in [7, 11) is 1.69. The summed E-state index contributed by atoms with van der Waals surface area (Å²) in [5, 5.41) is 5.66. The van der Waals surface area contributed by atoms with Crippen molar-refractivity contribution in [1.29, 1.82) is 0 Å². The van der Waals surface area contributed by atoms with Gasteiger partial charge in [0.25, 0.3) is 0 Å². The summed E-state index contributed by atoms with van der Waals surface area (Å²) in [5.41, 5.74) is 0. The number of nitrogens with one attached hydrogen (secondary N) is 1. The van der Waals surface area contributed by atoms with Gasteiger partial charge >= 0.3 is 0 Å². The van der Waals surface area contributed by atoms with Crippen molar-refractivity contribution < 1.29 is 4.74 Å². The Morgan fingerprint density at radius 1 is 1.24 bits per heavy atom. The lowest BCUT2D eigenvalue weighted by Crippen LogP contribution is -2.15. The second-order valence-electron chi connectivity index (χ2n) is 5.23. The van der Waals surface area contributed by atoms with E-state index in [0.29, 0.717) is 11.8 Å². The first-order valence-corrected chi connectivity index (χ1v) is 8.05. The summed E-state index contributed by atoms with van der Waals surface area (Å²) in [6.45, 7) is 3.12. The molecule has 1 heterocycles. The van der Waals surface area contributed by atoms with Crippen molar-refractivity contribution in [1.82, 2.24) is 4.98 Å². The standard InChI is InChI=1S/C17H23ClN2O/c1-3-5-13(8-10-18)12-20-17-15-6-4-7-16(21-2)14(15)9-11-19-17/h4,6-7,9,11,13H,3,5,8,10,12H2,1-2H3,(H,19,20). The van der Waals surface area contributed by atoms with E-state index >= 15 is 0 Å². The van der Waals surface area contributed by atoms with Crippen molar-refractivity contribution in [2.45, 2.75) is 26.2 Å². The molecule has 21 heavy (non-hydrogen) atoms. The maximum absolute atomic E-state index is 5.89. The minimum absolute atomic E-state index is 0.593. The van der Waals surface area contributed by atoms with Crippen LogP contribution in [0.1, 0.15) is 26.2 Å². The van der Waals surface area contributed by atoms with Crippen LogP contribution in [0, 0.1) is 5.92 Å². The Labute approximate surface area is 131 Å². The van der Waals surface area contributed by atoms with Crippen LogP contribution in [0.5, 0.6) is 5.75 Å². The average Bonchev–Trinajstić information content (AvgIpc) is 2.52. The van der Waals surface area contributed by atoms with Gasteiger partial charge in [0.15, 0.2) is 0 Å². The predicted octanol–water partition coefficient (Wildman–Crippen LogP) is 4.70. The molecule has 4 heteroatoms. The number of fused-ring (bicyclic) bond motifs is 1. The lowest BCUT2D eigenvalue weighted by Gasteiger charge is -2.17. The third kappa shape index (κ3) is 4.01. The maximum atomic E-state index is 5.89. The first-order valence-electron chi connectivity index (χ1n) is 7.51. The van der Waals surface area contributed by atoms with E-state index < -0.39 is 0 Å². The average molecular weight is 307 g/mol. The third-order valence-corrected chi connectivity index (χ3v) is 3.98. The summed E-state index contributed by atoms with van der Waals surface area (Å²) in [5.74, 6) is 3.10. The molecule has 3 nitrogen and oxygen atoms in total. The molecule has 0 aliphatic carbocycles. The van der Waals surface area contributed by atoms with Crippen LogP contribution in [0.4, 0.5) is 5.82 Å². The van der Waals surface area contributed by atoms with E-state index in [0.717, 1.165) is 35.3 Å². The molecule has 1 atom stereocenters. The quantitative estimate of drug-likeness (QED) is 0.718. The molecule has 1 unspecified atom stereocenters. The number of hydrogen-bond acceptors (Lipinski definition) is 3. The second-order valence-corrected chi connectivity index (χ2v) is 5.61. The third-order valence-electron chi connectivity index (χ3n) is 3.76. The molecule has 0 saturated heterocycles. The van der Waals surface area contributed by atoms with Crippen LogP contribution in [0.2, 0.25) is 0 Å². The zero-order chi connectivity index (χ0) is 15.1. The van der Waals surface area contributed by atoms with Crippen molar-refractivity contribution in [2.24, 2.45) is 5.92 Å². The van der Waals surface area contributed by atoms with E-state index in [1.165, 1.54) is 12.8 Å². The zero-order valence-corrected chi connectivity index (χ0v) is 13.5. The van der Waals surface area contributed by atoms with E-state index in [1.54, 1.807) is 7.11 Å². The highest BCUT2D eigenvalue weighted by molar-refractivity contribution is 6.17. The topological polar surface area (TPSA) is 34.2 Å². The lowest BCUT2D eigenvalue weighted by atomic mass is 10.0. The number of aromatic nitrogens is 1. The fourth-order valence-electron chi connectivity index (χ4n) is 2.65. The second kappa shape index (κ2) is 8.08. The highest BCUT2D eigenvalue weighted by Gasteiger charge is 2.10. The largest absolute Gasteiger partial charge is 0.496 e. The minimum Gasteiger partial charge on any atom is -0.496 e. The van der Waals surface area contributed by atoms with Crippen molar-refractivity contribution in [3.63, 3.8) is 0 Å². The normalized spacial score (nSPS) is 12.3. The molecule has 0 aliphatic rings. The van der Waals surface area contributed by atoms with Crippen molar-refractivity contribution in [2.75, 3.05) is 24.9 Å².